The van der Waals surface area contributed by atoms with Crippen LogP contribution in [0.2, 0.25) is 0 Å². The maximum atomic E-state index is 12.6. The Balaban J connectivity index is 1.65. The van der Waals surface area contributed by atoms with E-state index in [9.17, 15) is 4.79 Å². The summed E-state index contributed by atoms with van der Waals surface area (Å²) < 4.78 is 0. The first-order valence-corrected chi connectivity index (χ1v) is 9.60. The van der Waals surface area contributed by atoms with Gasteiger partial charge in [0, 0.05) is 44.0 Å². The van der Waals surface area contributed by atoms with Gasteiger partial charge in [-0.25, -0.2) is 15.0 Å². The van der Waals surface area contributed by atoms with Gasteiger partial charge in [0.15, 0.2) is 0 Å². The largest absolute Gasteiger partial charge is 0.384 e. The molecule has 2 aliphatic heterocycles. The quantitative estimate of drug-likeness (QED) is 0.895. The molecule has 27 heavy (non-hydrogen) atoms. The van der Waals surface area contributed by atoms with Crippen molar-refractivity contribution >= 4 is 17.5 Å². The van der Waals surface area contributed by atoms with Crippen molar-refractivity contribution in [2.45, 2.75) is 32.6 Å². The fraction of sp³-hybridized carbons (Fsp3) is 0.500. The van der Waals surface area contributed by atoms with E-state index >= 15 is 0 Å². The molecule has 1 amide bonds. The second-order valence-corrected chi connectivity index (χ2v) is 7.59. The molecule has 0 atom stereocenters. The Morgan fingerprint density at radius 1 is 1.11 bits per heavy atom. The highest BCUT2D eigenvalue weighted by atomic mass is 16.2. The van der Waals surface area contributed by atoms with Crippen molar-refractivity contribution in [2.24, 2.45) is 5.41 Å². The first-order chi connectivity index (χ1) is 13.0. The molecule has 0 bridgehead atoms. The molecular formula is C20H26N6O. The van der Waals surface area contributed by atoms with Gasteiger partial charge in [0.1, 0.15) is 18.0 Å². The third kappa shape index (κ3) is 3.01. The summed E-state index contributed by atoms with van der Waals surface area (Å²) in [6.45, 7) is 4.62. The molecule has 2 aliphatic rings. The number of nitrogen functional groups attached to an aromatic ring is 1. The molecular weight excluding hydrogens is 340 g/mol. The lowest BCUT2D eigenvalue weighted by molar-refractivity contribution is -0.135. The predicted octanol–water partition coefficient (Wildman–Crippen LogP) is 2.13. The summed E-state index contributed by atoms with van der Waals surface area (Å²) >= 11 is 0. The summed E-state index contributed by atoms with van der Waals surface area (Å²) in [4.78, 5) is 30.1. The Labute approximate surface area is 159 Å². The van der Waals surface area contributed by atoms with E-state index in [-0.39, 0.29) is 5.41 Å². The Bertz CT molecular complexity index is 842. The van der Waals surface area contributed by atoms with Gasteiger partial charge in [0.2, 0.25) is 5.91 Å². The Hall–Kier alpha value is -2.70. The smallest absolute Gasteiger partial charge is 0.228 e. The Morgan fingerprint density at radius 2 is 1.85 bits per heavy atom. The van der Waals surface area contributed by atoms with Crippen LogP contribution in [0, 0.1) is 5.41 Å². The number of amides is 1. The Kier molecular flexibility index (Phi) is 4.45. The van der Waals surface area contributed by atoms with Crippen LogP contribution in [-0.2, 0) is 11.2 Å². The number of carbonyl (C=O) groups excluding carboxylic acids is 1. The lowest BCUT2D eigenvalue weighted by atomic mass is 9.77. The molecule has 2 N–H and O–H groups in total. The molecule has 0 aromatic carbocycles. The van der Waals surface area contributed by atoms with Crippen LogP contribution in [0.4, 0.5) is 11.6 Å². The van der Waals surface area contributed by atoms with E-state index in [0.29, 0.717) is 11.7 Å². The second-order valence-electron chi connectivity index (χ2n) is 7.59. The van der Waals surface area contributed by atoms with Crippen molar-refractivity contribution in [3.8, 4) is 11.1 Å². The van der Waals surface area contributed by atoms with Crippen molar-refractivity contribution in [1.82, 2.24) is 19.9 Å². The molecule has 7 heteroatoms. The number of aromatic nitrogens is 3. The molecule has 4 heterocycles. The first kappa shape index (κ1) is 17.7. The van der Waals surface area contributed by atoms with E-state index < -0.39 is 0 Å². The zero-order valence-corrected chi connectivity index (χ0v) is 16.0. The minimum atomic E-state index is -0.172. The lowest BCUT2D eigenvalue weighted by Gasteiger charge is -2.39. The highest BCUT2D eigenvalue weighted by Gasteiger charge is 2.47. The molecule has 2 aromatic rings. The number of nitrogens with two attached hydrogens (primary N) is 1. The van der Waals surface area contributed by atoms with Crippen molar-refractivity contribution < 1.29 is 4.79 Å². The van der Waals surface area contributed by atoms with E-state index in [4.69, 9.17) is 5.73 Å². The van der Waals surface area contributed by atoms with E-state index in [1.54, 1.807) is 12.5 Å². The van der Waals surface area contributed by atoms with Gasteiger partial charge >= 0.3 is 0 Å². The topological polar surface area (TPSA) is 88.2 Å². The number of piperidine rings is 1. The predicted molar refractivity (Wildman–Crippen MR) is 105 cm³/mol. The summed E-state index contributed by atoms with van der Waals surface area (Å²) in [6, 6.07) is 3.79. The van der Waals surface area contributed by atoms with Crippen molar-refractivity contribution in [3.63, 3.8) is 0 Å². The minimum Gasteiger partial charge on any atom is -0.384 e. The molecule has 142 valence electrons. The van der Waals surface area contributed by atoms with Crippen LogP contribution in [0.15, 0.2) is 24.7 Å². The van der Waals surface area contributed by atoms with E-state index in [1.807, 2.05) is 24.1 Å². The third-order valence-corrected chi connectivity index (χ3v) is 6.06. The fourth-order valence-electron chi connectivity index (χ4n) is 4.37. The molecule has 1 spiro atoms. The van der Waals surface area contributed by atoms with Gasteiger partial charge in [-0.05, 0) is 37.8 Å². The lowest BCUT2D eigenvalue weighted by Crippen LogP contribution is -2.44. The standard InChI is InChI=1S/C20H26N6O/c1-3-15-17(14-4-5-16(21)22-12-14)18(24-13-23-15)26-10-7-20(8-11-26)6-9-25(2)19(20)27/h4-5,12-13H,3,6-11H2,1-2H3,(H2,21,22). The number of pyridine rings is 1. The number of hydrogen-bond acceptors (Lipinski definition) is 6. The summed E-state index contributed by atoms with van der Waals surface area (Å²) in [5, 5.41) is 0. The van der Waals surface area contributed by atoms with Crippen LogP contribution >= 0.6 is 0 Å². The van der Waals surface area contributed by atoms with Crippen LogP contribution in [0.3, 0.4) is 0 Å². The van der Waals surface area contributed by atoms with Gasteiger partial charge in [0.25, 0.3) is 0 Å². The molecule has 2 aromatic heterocycles. The highest BCUT2D eigenvalue weighted by Crippen LogP contribution is 2.43. The zero-order chi connectivity index (χ0) is 19.0. The van der Waals surface area contributed by atoms with Crippen LogP contribution in [0.25, 0.3) is 11.1 Å². The number of rotatable bonds is 3. The number of carbonyl (C=O) groups is 1. The van der Waals surface area contributed by atoms with E-state index in [2.05, 4.69) is 26.8 Å². The van der Waals surface area contributed by atoms with Gasteiger partial charge in [-0.1, -0.05) is 6.92 Å². The molecule has 7 nitrogen and oxygen atoms in total. The van der Waals surface area contributed by atoms with Gasteiger partial charge in [-0.15, -0.1) is 0 Å². The SMILES string of the molecule is CCc1ncnc(N2CCC3(CCN(C)C3=O)CC2)c1-c1ccc(N)nc1. The second kappa shape index (κ2) is 6.79. The van der Waals surface area contributed by atoms with Crippen molar-refractivity contribution in [2.75, 3.05) is 37.3 Å². The van der Waals surface area contributed by atoms with Gasteiger partial charge in [-0.3, -0.25) is 4.79 Å². The average molecular weight is 366 g/mol. The summed E-state index contributed by atoms with van der Waals surface area (Å²) in [7, 11) is 1.91. The Morgan fingerprint density at radius 3 is 2.44 bits per heavy atom. The molecule has 4 rings (SSSR count). The molecule has 2 saturated heterocycles. The van der Waals surface area contributed by atoms with Crippen LogP contribution in [0.1, 0.15) is 31.9 Å². The summed E-state index contributed by atoms with van der Waals surface area (Å²) in [6.07, 6.45) is 6.96. The number of nitrogens with zero attached hydrogens (tertiary/aromatic N) is 5. The average Bonchev–Trinajstić information content (AvgIpc) is 2.97. The fourth-order valence-corrected chi connectivity index (χ4v) is 4.37. The number of anilines is 2. The van der Waals surface area contributed by atoms with Gasteiger partial charge in [-0.2, -0.15) is 0 Å². The van der Waals surface area contributed by atoms with Gasteiger partial charge in [0.05, 0.1) is 11.1 Å². The van der Waals surface area contributed by atoms with Crippen LogP contribution in [-0.4, -0.2) is 52.4 Å². The van der Waals surface area contributed by atoms with Crippen molar-refractivity contribution in [1.29, 1.82) is 0 Å². The summed E-state index contributed by atoms with van der Waals surface area (Å²) in [5.41, 5.74) is 8.60. The normalized spacial score (nSPS) is 19.1. The number of aryl methyl sites for hydroxylation is 1. The monoisotopic (exact) mass is 366 g/mol. The van der Waals surface area contributed by atoms with Crippen LogP contribution in [0.5, 0.6) is 0 Å². The molecule has 0 unspecified atom stereocenters. The summed E-state index contributed by atoms with van der Waals surface area (Å²) in [5.74, 6) is 1.74. The molecule has 0 aliphatic carbocycles. The minimum absolute atomic E-state index is 0.172. The maximum absolute atomic E-state index is 12.6. The molecule has 2 fully saturated rings. The zero-order valence-electron chi connectivity index (χ0n) is 16.0. The maximum Gasteiger partial charge on any atom is 0.228 e. The first-order valence-electron chi connectivity index (χ1n) is 9.60. The molecule has 0 saturated carbocycles. The number of likely N-dealkylation sites (tertiary alicyclic amines) is 1. The van der Waals surface area contributed by atoms with E-state index in [1.165, 1.54) is 0 Å². The van der Waals surface area contributed by atoms with Crippen molar-refractivity contribution in [3.05, 3.63) is 30.4 Å². The number of hydrogen-bond donors (Lipinski definition) is 1. The van der Waals surface area contributed by atoms with E-state index in [0.717, 1.165) is 68.0 Å². The van der Waals surface area contributed by atoms with Gasteiger partial charge < -0.3 is 15.5 Å². The molecule has 0 radical (unpaired) electrons. The third-order valence-electron chi connectivity index (χ3n) is 6.06. The highest BCUT2D eigenvalue weighted by molar-refractivity contribution is 5.85. The van der Waals surface area contributed by atoms with Crippen LogP contribution < -0.4 is 10.6 Å².